The molecular weight excluding hydrogens is 314 g/mol. The van der Waals surface area contributed by atoms with Crippen LogP contribution in [0.4, 0.5) is 0 Å². The van der Waals surface area contributed by atoms with E-state index < -0.39 is 0 Å². The van der Waals surface area contributed by atoms with Crippen LogP contribution in [0, 0.1) is 0 Å². The molecule has 1 atom stereocenters. The van der Waals surface area contributed by atoms with E-state index >= 15 is 0 Å². The highest BCUT2D eigenvalue weighted by Crippen LogP contribution is 2.17. The monoisotopic (exact) mass is 335 g/mol. The molecule has 0 spiro atoms. The minimum absolute atomic E-state index is 0.327. The zero-order valence-corrected chi connectivity index (χ0v) is 13.9. The van der Waals surface area contributed by atoms with Gasteiger partial charge < -0.3 is 5.32 Å². The maximum Gasteiger partial charge on any atom is 0.0625 e. The van der Waals surface area contributed by atoms with E-state index in [1.54, 1.807) is 0 Å². The Labute approximate surface area is 129 Å². The van der Waals surface area contributed by atoms with Crippen molar-refractivity contribution >= 4 is 15.9 Å². The molecule has 0 saturated carbocycles. The van der Waals surface area contributed by atoms with Crippen molar-refractivity contribution in [2.75, 3.05) is 0 Å². The molecular formula is C16H22BrN3. The van der Waals surface area contributed by atoms with Gasteiger partial charge in [0, 0.05) is 23.6 Å². The van der Waals surface area contributed by atoms with Crippen LogP contribution < -0.4 is 5.32 Å². The quantitative estimate of drug-likeness (QED) is 0.861. The predicted octanol–water partition coefficient (Wildman–Crippen LogP) is 4.08. The van der Waals surface area contributed by atoms with Gasteiger partial charge in [0.2, 0.25) is 0 Å². The van der Waals surface area contributed by atoms with Crippen LogP contribution in [0.3, 0.4) is 0 Å². The van der Waals surface area contributed by atoms with Gasteiger partial charge in [0.05, 0.1) is 11.4 Å². The van der Waals surface area contributed by atoms with E-state index in [0.717, 1.165) is 24.0 Å². The molecule has 2 aromatic rings. The van der Waals surface area contributed by atoms with Crippen molar-refractivity contribution in [3.05, 3.63) is 51.8 Å². The number of hydrogen-bond acceptors (Lipinski definition) is 2. The van der Waals surface area contributed by atoms with Crippen LogP contribution >= 0.6 is 15.9 Å². The van der Waals surface area contributed by atoms with Crippen LogP contribution in [0.1, 0.15) is 43.8 Å². The van der Waals surface area contributed by atoms with Crippen molar-refractivity contribution in [1.82, 2.24) is 15.1 Å². The second-order valence-corrected chi connectivity index (χ2v) is 5.87. The Morgan fingerprint density at radius 3 is 2.55 bits per heavy atom. The Morgan fingerprint density at radius 1 is 1.25 bits per heavy atom. The lowest BCUT2D eigenvalue weighted by atomic mass is 10.1. The van der Waals surface area contributed by atoms with E-state index in [1.165, 1.54) is 17.0 Å². The molecule has 20 heavy (non-hydrogen) atoms. The van der Waals surface area contributed by atoms with Gasteiger partial charge in [-0.1, -0.05) is 35.0 Å². The fraction of sp³-hybridized carbons (Fsp3) is 0.438. The van der Waals surface area contributed by atoms with Crippen molar-refractivity contribution in [2.24, 2.45) is 0 Å². The average molecular weight is 336 g/mol. The van der Waals surface area contributed by atoms with E-state index in [4.69, 9.17) is 0 Å². The van der Waals surface area contributed by atoms with Gasteiger partial charge in [-0.15, -0.1) is 0 Å². The third-order valence-corrected chi connectivity index (χ3v) is 4.06. The van der Waals surface area contributed by atoms with Gasteiger partial charge in [-0.25, -0.2) is 0 Å². The van der Waals surface area contributed by atoms with Crippen molar-refractivity contribution in [2.45, 2.75) is 46.3 Å². The molecule has 1 N–H and O–H groups in total. The summed E-state index contributed by atoms with van der Waals surface area (Å²) in [7, 11) is 0. The SMILES string of the molecule is CCc1cc(CN[C@H](C)c2ccc(Br)cc2)n(CC)n1. The molecule has 1 heterocycles. The number of benzene rings is 1. The van der Waals surface area contributed by atoms with Crippen molar-refractivity contribution in [3.63, 3.8) is 0 Å². The molecule has 4 heteroatoms. The van der Waals surface area contributed by atoms with E-state index in [2.05, 4.69) is 82.1 Å². The maximum absolute atomic E-state index is 4.58. The maximum atomic E-state index is 4.58. The normalized spacial score (nSPS) is 12.6. The smallest absolute Gasteiger partial charge is 0.0625 e. The summed E-state index contributed by atoms with van der Waals surface area (Å²) in [5.74, 6) is 0. The van der Waals surface area contributed by atoms with Gasteiger partial charge in [0.15, 0.2) is 0 Å². The van der Waals surface area contributed by atoms with Crippen LogP contribution in [0.5, 0.6) is 0 Å². The number of rotatable bonds is 6. The molecule has 0 saturated heterocycles. The Morgan fingerprint density at radius 2 is 1.95 bits per heavy atom. The standard InChI is InChI=1S/C16H22BrN3/c1-4-15-10-16(20(5-2)19-15)11-18-12(3)13-6-8-14(17)9-7-13/h6-10,12,18H,4-5,11H2,1-3H3/t12-/m1/s1. The molecule has 0 amide bonds. The summed E-state index contributed by atoms with van der Waals surface area (Å²) in [4.78, 5) is 0. The summed E-state index contributed by atoms with van der Waals surface area (Å²) in [6.45, 7) is 8.23. The van der Waals surface area contributed by atoms with E-state index in [0.29, 0.717) is 6.04 Å². The summed E-state index contributed by atoms with van der Waals surface area (Å²) >= 11 is 3.47. The highest BCUT2D eigenvalue weighted by molar-refractivity contribution is 9.10. The molecule has 3 nitrogen and oxygen atoms in total. The fourth-order valence-electron chi connectivity index (χ4n) is 2.23. The van der Waals surface area contributed by atoms with Gasteiger partial charge in [0.1, 0.15) is 0 Å². The molecule has 1 aromatic carbocycles. The number of aryl methyl sites for hydroxylation is 2. The van der Waals surface area contributed by atoms with Crippen molar-refractivity contribution in [1.29, 1.82) is 0 Å². The number of nitrogens with one attached hydrogen (secondary N) is 1. The molecule has 0 aliphatic carbocycles. The summed E-state index contributed by atoms with van der Waals surface area (Å²) < 4.78 is 3.20. The Bertz CT molecular complexity index is 545. The third kappa shape index (κ3) is 3.70. The molecule has 1 aromatic heterocycles. The molecule has 0 radical (unpaired) electrons. The van der Waals surface area contributed by atoms with Crippen molar-refractivity contribution in [3.8, 4) is 0 Å². The van der Waals surface area contributed by atoms with Gasteiger partial charge in [-0.05, 0) is 44.0 Å². The fourth-order valence-corrected chi connectivity index (χ4v) is 2.50. The first-order valence-electron chi connectivity index (χ1n) is 7.18. The second kappa shape index (κ2) is 7.04. The molecule has 2 rings (SSSR count). The highest BCUT2D eigenvalue weighted by atomic mass is 79.9. The first-order valence-corrected chi connectivity index (χ1v) is 7.97. The van der Waals surface area contributed by atoms with Crippen LogP contribution in [0.25, 0.3) is 0 Å². The molecule has 0 aliphatic rings. The molecule has 0 aliphatic heterocycles. The van der Waals surface area contributed by atoms with Crippen molar-refractivity contribution < 1.29 is 0 Å². The first-order chi connectivity index (χ1) is 9.63. The van der Waals surface area contributed by atoms with Crippen LogP contribution in [0.15, 0.2) is 34.8 Å². The molecule has 108 valence electrons. The number of hydrogen-bond donors (Lipinski definition) is 1. The summed E-state index contributed by atoms with van der Waals surface area (Å²) in [5, 5.41) is 8.15. The first kappa shape index (κ1) is 15.3. The van der Waals surface area contributed by atoms with E-state index in [9.17, 15) is 0 Å². The Hall–Kier alpha value is -1.13. The number of aromatic nitrogens is 2. The van der Waals surface area contributed by atoms with Crippen LogP contribution in [0.2, 0.25) is 0 Å². The molecule has 0 unspecified atom stereocenters. The predicted molar refractivity (Wildman–Crippen MR) is 86.7 cm³/mol. The number of nitrogens with zero attached hydrogens (tertiary/aromatic N) is 2. The minimum Gasteiger partial charge on any atom is -0.305 e. The Balaban J connectivity index is 2.00. The van der Waals surface area contributed by atoms with Crippen LogP contribution in [-0.4, -0.2) is 9.78 Å². The summed E-state index contributed by atoms with van der Waals surface area (Å²) in [5.41, 5.74) is 3.72. The highest BCUT2D eigenvalue weighted by Gasteiger charge is 2.08. The largest absolute Gasteiger partial charge is 0.305 e. The average Bonchev–Trinajstić information content (AvgIpc) is 2.88. The van der Waals surface area contributed by atoms with Gasteiger partial charge in [-0.3, -0.25) is 4.68 Å². The van der Waals surface area contributed by atoms with Gasteiger partial charge in [-0.2, -0.15) is 5.10 Å². The molecule has 0 bridgehead atoms. The zero-order valence-electron chi connectivity index (χ0n) is 12.4. The number of halogens is 1. The topological polar surface area (TPSA) is 29.9 Å². The summed E-state index contributed by atoms with van der Waals surface area (Å²) in [6, 6.07) is 11.0. The third-order valence-electron chi connectivity index (χ3n) is 3.54. The lowest BCUT2D eigenvalue weighted by Gasteiger charge is -2.14. The second-order valence-electron chi connectivity index (χ2n) is 4.95. The van der Waals surface area contributed by atoms with E-state index in [-0.39, 0.29) is 0 Å². The van der Waals surface area contributed by atoms with Gasteiger partial charge in [0.25, 0.3) is 0 Å². The Kier molecular flexibility index (Phi) is 5.38. The molecule has 0 fully saturated rings. The van der Waals surface area contributed by atoms with Gasteiger partial charge >= 0.3 is 0 Å². The van der Waals surface area contributed by atoms with Crippen LogP contribution in [-0.2, 0) is 19.5 Å². The zero-order chi connectivity index (χ0) is 14.5. The lowest BCUT2D eigenvalue weighted by Crippen LogP contribution is -2.20. The van der Waals surface area contributed by atoms with E-state index in [1.807, 2.05) is 0 Å². The summed E-state index contributed by atoms with van der Waals surface area (Å²) in [6.07, 6.45) is 0.988. The minimum atomic E-state index is 0.327. The lowest BCUT2D eigenvalue weighted by molar-refractivity contribution is 0.530.